The predicted octanol–water partition coefficient (Wildman–Crippen LogP) is 2.40. The average Bonchev–Trinajstić information content (AvgIpc) is 2.48. The summed E-state index contributed by atoms with van der Waals surface area (Å²) in [5, 5.41) is 4.23. The van der Waals surface area contributed by atoms with E-state index in [1.54, 1.807) is 0 Å². The van der Waals surface area contributed by atoms with Gasteiger partial charge in [0, 0.05) is 39.3 Å². The van der Waals surface area contributed by atoms with Gasteiger partial charge in [0.2, 0.25) is 0 Å². The fourth-order valence-electron chi connectivity index (χ4n) is 2.40. The molecule has 1 aliphatic heterocycles. The molecule has 0 saturated carbocycles. The van der Waals surface area contributed by atoms with Crippen LogP contribution in [0.4, 0.5) is 0 Å². The maximum atomic E-state index is 5.42. The maximum absolute atomic E-state index is 5.42. The van der Waals surface area contributed by atoms with E-state index in [1.165, 1.54) is 11.1 Å². The van der Waals surface area contributed by atoms with Crippen LogP contribution in [0, 0.1) is 6.92 Å². The van der Waals surface area contributed by atoms with Crippen molar-refractivity contribution in [3.63, 3.8) is 0 Å². The predicted molar refractivity (Wildman–Crippen MR) is 88.9 cm³/mol. The van der Waals surface area contributed by atoms with Crippen molar-refractivity contribution < 1.29 is 0 Å². The summed E-state index contributed by atoms with van der Waals surface area (Å²) < 4.78 is 0. The number of thiocarbonyl (C=S) groups is 1. The molecule has 3 nitrogen and oxygen atoms in total. The fraction of sp³-hybridized carbons (Fsp3) is 0.562. The van der Waals surface area contributed by atoms with Gasteiger partial charge in [-0.15, -0.1) is 0 Å². The van der Waals surface area contributed by atoms with Gasteiger partial charge in [0.05, 0.1) is 0 Å². The number of benzene rings is 1. The lowest BCUT2D eigenvalue weighted by molar-refractivity contribution is 0.174. The third-order valence-electron chi connectivity index (χ3n) is 3.71. The number of hydrogen-bond acceptors (Lipinski definition) is 2. The van der Waals surface area contributed by atoms with Gasteiger partial charge in [0.25, 0.3) is 0 Å². The lowest BCUT2D eigenvalue weighted by Gasteiger charge is -2.36. The highest BCUT2D eigenvalue weighted by molar-refractivity contribution is 7.80. The number of piperazine rings is 1. The number of nitrogens with one attached hydrogen (secondary N) is 1. The van der Waals surface area contributed by atoms with Gasteiger partial charge >= 0.3 is 0 Å². The summed E-state index contributed by atoms with van der Waals surface area (Å²) in [7, 11) is 0. The van der Waals surface area contributed by atoms with Gasteiger partial charge < -0.3 is 10.2 Å². The van der Waals surface area contributed by atoms with E-state index in [-0.39, 0.29) is 0 Å². The van der Waals surface area contributed by atoms with Crippen LogP contribution < -0.4 is 5.32 Å². The summed E-state index contributed by atoms with van der Waals surface area (Å²) >= 11 is 5.42. The molecule has 1 aromatic rings. The first-order chi connectivity index (χ1) is 9.69. The van der Waals surface area contributed by atoms with Crippen molar-refractivity contribution in [2.45, 2.75) is 26.8 Å². The van der Waals surface area contributed by atoms with E-state index in [2.05, 4.69) is 53.2 Å². The van der Waals surface area contributed by atoms with Gasteiger partial charge in [0.1, 0.15) is 0 Å². The number of hydrogen-bond donors (Lipinski definition) is 1. The molecule has 0 aromatic heterocycles. The van der Waals surface area contributed by atoms with Gasteiger partial charge in [-0.1, -0.05) is 36.8 Å². The highest BCUT2D eigenvalue weighted by atomic mass is 32.1. The number of nitrogens with zero attached hydrogens (tertiary/aromatic N) is 2. The molecule has 0 aliphatic carbocycles. The van der Waals surface area contributed by atoms with E-state index in [0.29, 0.717) is 0 Å². The van der Waals surface area contributed by atoms with Crippen molar-refractivity contribution in [2.75, 3.05) is 32.7 Å². The van der Waals surface area contributed by atoms with Gasteiger partial charge in [0.15, 0.2) is 5.11 Å². The second kappa shape index (κ2) is 7.60. The highest BCUT2D eigenvalue weighted by Crippen LogP contribution is 2.10. The van der Waals surface area contributed by atoms with Crippen LogP contribution in [0.25, 0.3) is 0 Å². The molecule has 0 amide bonds. The Morgan fingerprint density at radius 3 is 2.40 bits per heavy atom. The summed E-state index contributed by atoms with van der Waals surface area (Å²) in [6, 6.07) is 8.84. The second-order valence-corrected chi connectivity index (χ2v) is 5.87. The van der Waals surface area contributed by atoms with Crippen molar-refractivity contribution in [1.29, 1.82) is 0 Å². The van der Waals surface area contributed by atoms with E-state index >= 15 is 0 Å². The molecule has 4 heteroatoms. The molecule has 2 rings (SSSR count). The normalized spacial score (nSPS) is 16.2. The molecule has 1 saturated heterocycles. The van der Waals surface area contributed by atoms with Crippen molar-refractivity contribution in [3.05, 3.63) is 35.4 Å². The van der Waals surface area contributed by atoms with Gasteiger partial charge in [-0.25, -0.2) is 0 Å². The SMILES string of the molecule is CCCNC(=S)N1CCN(Cc2ccc(C)cc2)CC1. The molecule has 20 heavy (non-hydrogen) atoms. The Morgan fingerprint density at radius 1 is 1.15 bits per heavy atom. The van der Waals surface area contributed by atoms with Crippen LogP contribution in [0.5, 0.6) is 0 Å². The molecule has 0 spiro atoms. The lowest BCUT2D eigenvalue weighted by Crippen LogP contribution is -2.51. The van der Waals surface area contributed by atoms with Crippen molar-refractivity contribution in [1.82, 2.24) is 15.1 Å². The van der Waals surface area contributed by atoms with E-state index < -0.39 is 0 Å². The molecule has 1 fully saturated rings. The quantitative estimate of drug-likeness (QED) is 0.858. The van der Waals surface area contributed by atoms with Crippen LogP contribution in [0.2, 0.25) is 0 Å². The number of rotatable bonds is 4. The molecular formula is C16H25N3S. The summed E-state index contributed by atoms with van der Waals surface area (Å²) in [5.74, 6) is 0. The van der Waals surface area contributed by atoms with Gasteiger partial charge in [-0.2, -0.15) is 0 Å². The van der Waals surface area contributed by atoms with E-state index in [0.717, 1.165) is 50.8 Å². The highest BCUT2D eigenvalue weighted by Gasteiger charge is 2.18. The monoisotopic (exact) mass is 291 g/mol. The van der Waals surface area contributed by atoms with E-state index in [4.69, 9.17) is 12.2 Å². The Hall–Kier alpha value is -1.13. The molecule has 0 radical (unpaired) electrons. The first kappa shape index (κ1) is 15.3. The Bertz CT molecular complexity index is 422. The molecule has 1 aliphatic rings. The third kappa shape index (κ3) is 4.46. The molecule has 0 bridgehead atoms. The van der Waals surface area contributed by atoms with Gasteiger partial charge in [-0.05, 0) is 31.1 Å². The lowest BCUT2D eigenvalue weighted by atomic mass is 10.1. The van der Waals surface area contributed by atoms with Crippen LogP contribution in [-0.2, 0) is 6.54 Å². The number of aryl methyl sites for hydroxylation is 1. The minimum absolute atomic E-state index is 0.918. The Labute approximate surface area is 128 Å². The Balaban J connectivity index is 1.76. The van der Waals surface area contributed by atoms with Crippen LogP contribution in [0.3, 0.4) is 0 Å². The minimum Gasteiger partial charge on any atom is -0.363 e. The first-order valence-electron chi connectivity index (χ1n) is 7.49. The second-order valence-electron chi connectivity index (χ2n) is 5.48. The zero-order valence-corrected chi connectivity index (χ0v) is 13.4. The van der Waals surface area contributed by atoms with Crippen LogP contribution >= 0.6 is 12.2 Å². The van der Waals surface area contributed by atoms with E-state index in [1.807, 2.05) is 0 Å². The van der Waals surface area contributed by atoms with Gasteiger partial charge in [-0.3, -0.25) is 4.90 Å². The Morgan fingerprint density at radius 2 is 1.80 bits per heavy atom. The average molecular weight is 291 g/mol. The molecule has 0 atom stereocenters. The topological polar surface area (TPSA) is 18.5 Å². The molecule has 1 N–H and O–H groups in total. The Kier molecular flexibility index (Phi) is 5.80. The molecular weight excluding hydrogens is 266 g/mol. The van der Waals surface area contributed by atoms with E-state index in [9.17, 15) is 0 Å². The smallest absolute Gasteiger partial charge is 0.169 e. The zero-order chi connectivity index (χ0) is 14.4. The third-order valence-corrected chi connectivity index (χ3v) is 4.12. The zero-order valence-electron chi connectivity index (χ0n) is 12.6. The van der Waals surface area contributed by atoms with Crippen molar-refractivity contribution in [2.24, 2.45) is 0 Å². The van der Waals surface area contributed by atoms with Crippen LogP contribution in [0.1, 0.15) is 24.5 Å². The summed E-state index contributed by atoms with van der Waals surface area (Å²) in [4.78, 5) is 4.79. The van der Waals surface area contributed by atoms with Crippen molar-refractivity contribution >= 4 is 17.3 Å². The van der Waals surface area contributed by atoms with Crippen LogP contribution in [0.15, 0.2) is 24.3 Å². The summed E-state index contributed by atoms with van der Waals surface area (Å²) in [6.45, 7) is 10.5. The molecule has 1 aromatic carbocycles. The summed E-state index contributed by atoms with van der Waals surface area (Å²) in [6.07, 6.45) is 1.12. The fourth-order valence-corrected chi connectivity index (χ4v) is 2.69. The molecule has 0 unspecified atom stereocenters. The van der Waals surface area contributed by atoms with Crippen LogP contribution in [-0.4, -0.2) is 47.6 Å². The standard InChI is InChI=1S/C16H25N3S/c1-3-8-17-16(20)19-11-9-18(10-12-19)13-15-6-4-14(2)5-7-15/h4-7H,3,8-13H2,1-2H3,(H,17,20). The summed E-state index contributed by atoms with van der Waals surface area (Å²) in [5.41, 5.74) is 2.72. The molecule has 110 valence electrons. The maximum Gasteiger partial charge on any atom is 0.169 e. The van der Waals surface area contributed by atoms with Crippen molar-refractivity contribution in [3.8, 4) is 0 Å². The minimum atomic E-state index is 0.918. The molecule has 1 heterocycles. The largest absolute Gasteiger partial charge is 0.363 e. The first-order valence-corrected chi connectivity index (χ1v) is 7.90.